The summed E-state index contributed by atoms with van der Waals surface area (Å²) in [7, 11) is 3.20. The van der Waals surface area contributed by atoms with Crippen LogP contribution in [0.3, 0.4) is 0 Å². The lowest BCUT2D eigenvalue weighted by molar-refractivity contribution is 0.388. The largest absolute Gasteiger partial charge is 0.497 e. The number of methoxy groups -OCH3 is 2. The van der Waals surface area contributed by atoms with E-state index in [9.17, 15) is 0 Å². The Balaban J connectivity index is 1.43. The van der Waals surface area contributed by atoms with Crippen molar-refractivity contribution in [3.63, 3.8) is 0 Å². The molecule has 0 unspecified atom stereocenters. The van der Waals surface area contributed by atoms with Crippen molar-refractivity contribution in [3.8, 4) is 34.1 Å². The molecule has 0 radical (unpaired) electrons. The van der Waals surface area contributed by atoms with Gasteiger partial charge in [0, 0.05) is 11.6 Å². The van der Waals surface area contributed by atoms with E-state index in [-0.39, 0.29) is 0 Å². The number of benzene rings is 2. The Labute approximate surface area is 184 Å². The van der Waals surface area contributed by atoms with Crippen molar-refractivity contribution in [1.29, 1.82) is 0 Å². The maximum Gasteiger partial charge on any atom is 0.237 e. The minimum Gasteiger partial charge on any atom is -0.497 e. The number of aryl methyl sites for hydroxylation is 2. The van der Waals surface area contributed by atoms with Crippen LogP contribution in [0.25, 0.3) is 22.6 Å². The first-order valence-corrected chi connectivity index (χ1v) is 10.6. The van der Waals surface area contributed by atoms with Gasteiger partial charge >= 0.3 is 0 Å². The first kappa shape index (κ1) is 20.9. The van der Waals surface area contributed by atoms with Crippen LogP contribution < -0.4 is 9.47 Å². The highest BCUT2D eigenvalue weighted by molar-refractivity contribution is 7.98. The maximum atomic E-state index is 5.42. The van der Waals surface area contributed by atoms with Gasteiger partial charge in [-0.25, -0.2) is 0 Å². The van der Waals surface area contributed by atoms with E-state index in [0.717, 1.165) is 21.8 Å². The van der Waals surface area contributed by atoms with Crippen LogP contribution in [-0.4, -0.2) is 34.6 Å². The van der Waals surface area contributed by atoms with Crippen LogP contribution in [-0.2, 0) is 5.75 Å². The number of ether oxygens (including phenoxy) is 2. The van der Waals surface area contributed by atoms with Gasteiger partial charge in [-0.1, -0.05) is 29.1 Å². The summed E-state index contributed by atoms with van der Waals surface area (Å²) in [5, 5.41) is 13.5. The van der Waals surface area contributed by atoms with E-state index in [1.54, 1.807) is 20.3 Å². The Morgan fingerprint density at radius 2 is 1.77 bits per heavy atom. The highest BCUT2D eigenvalue weighted by Gasteiger charge is 2.15. The lowest BCUT2D eigenvalue weighted by atomic mass is 10.0. The van der Waals surface area contributed by atoms with Crippen molar-refractivity contribution < 1.29 is 14.0 Å². The zero-order chi connectivity index (χ0) is 21.8. The van der Waals surface area contributed by atoms with E-state index < -0.39 is 0 Å². The molecule has 158 valence electrons. The van der Waals surface area contributed by atoms with Crippen molar-refractivity contribution >= 4 is 11.8 Å². The van der Waals surface area contributed by atoms with Gasteiger partial charge in [-0.2, -0.15) is 4.98 Å². The number of thioether (sulfide) groups is 1. The molecule has 0 bridgehead atoms. The Morgan fingerprint density at radius 3 is 2.48 bits per heavy atom. The van der Waals surface area contributed by atoms with Crippen LogP contribution >= 0.6 is 11.8 Å². The molecule has 0 fully saturated rings. The Kier molecular flexibility index (Phi) is 6.18. The normalized spacial score (nSPS) is 10.8. The monoisotopic (exact) mass is 434 g/mol. The van der Waals surface area contributed by atoms with Gasteiger partial charge in [-0.3, -0.25) is 0 Å². The minimum absolute atomic E-state index is 0.464. The standard InChI is InChI=1S/C23H22N4O3S/c1-14-5-6-16(11-15(14)2)19-9-10-22(26-25-19)31-13-21-24-23(27-30-21)18-8-7-17(28-3)12-20(18)29-4/h5-12H,13H2,1-4H3. The molecule has 0 saturated heterocycles. The Hall–Kier alpha value is -3.39. The van der Waals surface area contributed by atoms with E-state index in [0.29, 0.717) is 29.0 Å². The third kappa shape index (κ3) is 4.69. The number of hydrogen-bond acceptors (Lipinski definition) is 8. The number of aromatic nitrogens is 4. The molecule has 0 aliphatic rings. The molecule has 0 aliphatic heterocycles. The molecule has 2 aromatic carbocycles. The molecule has 2 aromatic heterocycles. The topological polar surface area (TPSA) is 83.2 Å². The lowest BCUT2D eigenvalue weighted by Gasteiger charge is -2.07. The highest BCUT2D eigenvalue weighted by atomic mass is 32.2. The molecule has 0 N–H and O–H groups in total. The summed E-state index contributed by atoms with van der Waals surface area (Å²) in [6, 6.07) is 15.7. The first-order valence-electron chi connectivity index (χ1n) is 9.66. The van der Waals surface area contributed by atoms with Crippen molar-refractivity contribution in [1.82, 2.24) is 20.3 Å². The summed E-state index contributed by atoms with van der Waals surface area (Å²) in [6.07, 6.45) is 0. The van der Waals surface area contributed by atoms with Gasteiger partial charge in [0.15, 0.2) is 0 Å². The molecule has 8 heteroatoms. The second-order valence-electron chi connectivity index (χ2n) is 6.92. The second-order valence-corrected chi connectivity index (χ2v) is 7.92. The van der Waals surface area contributed by atoms with Gasteiger partial charge in [-0.15, -0.1) is 10.2 Å². The van der Waals surface area contributed by atoms with Gasteiger partial charge in [0.25, 0.3) is 0 Å². The zero-order valence-electron chi connectivity index (χ0n) is 17.7. The average Bonchev–Trinajstić information content (AvgIpc) is 3.28. The predicted molar refractivity (Wildman–Crippen MR) is 119 cm³/mol. The molecule has 0 atom stereocenters. The first-order chi connectivity index (χ1) is 15.1. The maximum absolute atomic E-state index is 5.42. The Bertz CT molecular complexity index is 1190. The second kappa shape index (κ2) is 9.18. The fourth-order valence-electron chi connectivity index (χ4n) is 2.99. The third-order valence-electron chi connectivity index (χ3n) is 4.90. The molecular weight excluding hydrogens is 412 g/mol. The summed E-state index contributed by atoms with van der Waals surface area (Å²) in [6.45, 7) is 4.19. The SMILES string of the molecule is COc1ccc(-c2noc(CSc3ccc(-c4ccc(C)c(C)c4)nn3)n2)c(OC)c1. The third-order valence-corrected chi connectivity index (χ3v) is 5.81. The van der Waals surface area contributed by atoms with Crippen molar-refractivity contribution in [2.45, 2.75) is 24.6 Å². The van der Waals surface area contributed by atoms with E-state index >= 15 is 0 Å². The van der Waals surface area contributed by atoms with Crippen molar-refractivity contribution in [2.24, 2.45) is 0 Å². The van der Waals surface area contributed by atoms with Gasteiger partial charge in [0.2, 0.25) is 11.7 Å². The molecule has 4 aromatic rings. The number of rotatable bonds is 7. The zero-order valence-corrected chi connectivity index (χ0v) is 18.6. The Morgan fingerprint density at radius 1 is 0.903 bits per heavy atom. The van der Waals surface area contributed by atoms with Gasteiger partial charge in [-0.05, 0) is 55.3 Å². The summed E-state index contributed by atoms with van der Waals surface area (Å²) in [4.78, 5) is 4.48. The lowest BCUT2D eigenvalue weighted by Crippen LogP contribution is -1.92. The molecular formula is C23H22N4O3S. The molecule has 0 saturated carbocycles. The number of hydrogen-bond donors (Lipinski definition) is 0. The van der Waals surface area contributed by atoms with Crippen LogP contribution in [0.2, 0.25) is 0 Å². The molecule has 0 aliphatic carbocycles. The molecule has 2 heterocycles. The number of nitrogens with zero attached hydrogens (tertiary/aromatic N) is 4. The van der Waals surface area contributed by atoms with Crippen LogP contribution in [0.4, 0.5) is 0 Å². The van der Waals surface area contributed by atoms with E-state index in [2.05, 4.69) is 52.4 Å². The summed E-state index contributed by atoms with van der Waals surface area (Å²) in [5.41, 5.74) is 5.13. The summed E-state index contributed by atoms with van der Waals surface area (Å²) < 4.78 is 16.0. The molecule has 7 nitrogen and oxygen atoms in total. The van der Waals surface area contributed by atoms with E-state index in [1.165, 1.54) is 22.9 Å². The smallest absolute Gasteiger partial charge is 0.237 e. The van der Waals surface area contributed by atoms with E-state index in [1.807, 2.05) is 24.3 Å². The van der Waals surface area contributed by atoms with Crippen molar-refractivity contribution in [2.75, 3.05) is 14.2 Å². The van der Waals surface area contributed by atoms with Crippen LogP contribution in [0.5, 0.6) is 11.5 Å². The van der Waals surface area contributed by atoms with Crippen LogP contribution in [0.15, 0.2) is 58.1 Å². The predicted octanol–water partition coefficient (Wildman–Crippen LogP) is 5.12. The fourth-order valence-corrected chi connectivity index (χ4v) is 3.64. The molecule has 4 rings (SSSR count). The van der Waals surface area contributed by atoms with Gasteiger partial charge in [0.05, 0.1) is 31.2 Å². The fraction of sp³-hybridized carbons (Fsp3) is 0.217. The summed E-state index contributed by atoms with van der Waals surface area (Å²) >= 11 is 1.49. The van der Waals surface area contributed by atoms with Crippen LogP contribution in [0.1, 0.15) is 17.0 Å². The quantitative estimate of drug-likeness (QED) is 0.371. The minimum atomic E-state index is 0.464. The summed E-state index contributed by atoms with van der Waals surface area (Å²) in [5.74, 6) is 2.77. The van der Waals surface area contributed by atoms with Gasteiger partial charge < -0.3 is 14.0 Å². The molecule has 0 amide bonds. The average molecular weight is 435 g/mol. The molecule has 31 heavy (non-hydrogen) atoms. The van der Waals surface area contributed by atoms with Crippen LogP contribution in [0, 0.1) is 13.8 Å². The van der Waals surface area contributed by atoms with E-state index in [4.69, 9.17) is 14.0 Å². The van der Waals surface area contributed by atoms with Gasteiger partial charge in [0.1, 0.15) is 16.5 Å². The van der Waals surface area contributed by atoms with Crippen molar-refractivity contribution in [3.05, 3.63) is 65.5 Å². The highest BCUT2D eigenvalue weighted by Crippen LogP contribution is 2.32. The molecule has 0 spiro atoms.